The maximum atomic E-state index is 13.1. The van der Waals surface area contributed by atoms with E-state index in [1.807, 2.05) is 6.92 Å². The van der Waals surface area contributed by atoms with Crippen molar-refractivity contribution >= 4 is 11.9 Å². The molecule has 22 heavy (non-hydrogen) atoms. The van der Waals surface area contributed by atoms with E-state index in [0.29, 0.717) is 13.1 Å². The fraction of sp³-hybridized carbons (Fsp3) is 0.333. The molecule has 118 valence electrons. The van der Waals surface area contributed by atoms with Crippen molar-refractivity contribution in [2.45, 2.75) is 13.1 Å². The Labute approximate surface area is 126 Å². The summed E-state index contributed by atoms with van der Waals surface area (Å²) in [4.78, 5) is 3.65. The monoisotopic (exact) mass is 311 g/mol. The number of likely N-dealkylation sites (N-methyl/N-ethyl adjacent to an activating group) is 1. The van der Waals surface area contributed by atoms with Gasteiger partial charge in [0.25, 0.3) is 0 Å². The van der Waals surface area contributed by atoms with Gasteiger partial charge in [0, 0.05) is 12.1 Å². The van der Waals surface area contributed by atoms with Gasteiger partial charge in [-0.05, 0) is 24.7 Å². The van der Waals surface area contributed by atoms with Crippen molar-refractivity contribution in [3.05, 3.63) is 35.9 Å². The molecular weight excluding hydrogens is 295 g/mol. The van der Waals surface area contributed by atoms with Crippen molar-refractivity contribution in [2.24, 2.45) is 4.99 Å². The van der Waals surface area contributed by atoms with Crippen molar-refractivity contribution in [2.75, 3.05) is 19.7 Å². The summed E-state index contributed by atoms with van der Waals surface area (Å²) < 4.78 is 44.5. The van der Waals surface area contributed by atoms with Gasteiger partial charge in [-0.3, -0.25) is 0 Å². The Kier molecular flexibility index (Phi) is 6.60. The molecule has 7 heteroatoms. The summed E-state index contributed by atoms with van der Waals surface area (Å²) in [5.74, 6) is -0.244. The van der Waals surface area contributed by atoms with Crippen molar-refractivity contribution in [3.8, 4) is 11.8 Å². The highest BCUT2D eigenvalue weighted by molar-refractivity contribution is 5.82. The molecule has 0 saturated carbocycles. The number of hydrogen-bond donors (Lipinski definition) is 1. The molecular formula is C15H16F3N3O. The van der Waals surface area contributed by atoms with E-state index >= 15 is 0 Å². The van der Waals surface area contributed by atoms with Gasteiger partial charge in [0.1, 0.15) is 24.6 Å². The minimum Gasteiger partial charge on any atom is -0.492 e. The first kappa shape index (κ1) is 17.7. The molecule has 0 heterocycles. The van der Waals surface area contributed by atoms with Crippen LogP contribution in [0, 0.1) is 11.3 Å². The van der Waals surface area contributed by atoms with E-state index in [2.05, 4.69) is 16.9 Å². The molecule has 0 aliphatic carbocycles. The van der Waals surface area contributed by atoms with E-state index < -0.39 is 11.7 Å². The number of benzene rings is 1. The zero-order valence-corrected chi connectivity index (χ0v) is 12.1. The van der Waals surface area contributed by atoms with E-state index in [1.165, 1.54) is 12.1 Å². The Morgan fingerprint density at radius 3 is 2.82 bits per heavy atom. The second-order valence-corrected chi connectivity index (χ2v) is 4.24. The Morgan fingerprint density at radius 1 is 1.50 bits per heavy atom. The Morgan fingerprint density at radius 2 is 2.23 bits per heavy atom. The van der Waals surface area contributed by atoms with Gasteiger partial charge in [-0.2, -0.15) is 18.4 Å². The van der Waals surface area contributed by atoms with Gasteiger partial charge in [0.05, 0.1) is 11.3 Å². The van der Waals surface area contributed by atoms with E-state index in [0.717, 1.165) is 12.3 Å². The number of alkyl halides is 3. The first-order valence-corrected chi connectivity index (χ1v) is 6.56. The molecule has 1 aromatic rings. The van der Waals surface area contributed by atoms with Crippen molar-refractivity contribution in [3.63, 3.8) is 0 Å². The van der Waals surface area contributed by atoms with Crippen LogP contribution in [0.25, 0.3) is 5.70 Å². The quantitative estimate of drug-likeness (QED) is 0.621. The molecule has 0 saturated heterocycles. The third-order valence-corrected chi connectivity index (χ3v) is 2.68. The minimum atomic E-state index is -4.55. The Hall–Kier alpha value is -2.33. The molecule has 0 aliphatic heterocycles. The number of ether oxygens (including phenoxy) is 1. The maximum absolute atomic E-state index is 13.1. The van der Waals surface area contributed by atoms with E-state index in [-0.39, 0.29) is 23.6 Å². The number of nitrogens with zero attached hydrogens (tertiary/aromatic N) is 2. The van der Waals surface area contributed by atoms with E-state index in [9.17, 15) is 13.2 Å². The number of rotatable bonds is 7. The molecule has 0 aromatic heterocycles. The second-order valence-electron chi connectivity index (χ2n) is 4.24. The van der Waals surface area contributed by atoms with Gasteiger partial charge in [0.15, 0.2) is 0 Å². The van der Waals surface area contributed by atoms with Crippen molar-refractivity contribution < 1.29 is 17.9 Å². The predicted molar refractivity (Wildman–Crippen MR) is 78.6 cm³/mol. The molecule has 0 spiro atoms. The summed E-state index contributed by atoms with van der Waals surface area (Å²) in [5.41, 5.74) is -0.640. The third kappa shape index (κ3) is 5.22. The molecule has 0 atom stereocenters. The number of nitriles is 1. The summed E-state index contributed by atoms with van der Waals surface area (Å²) in [6, 6.07) is 5.23. The third-order valence-electron chi connectivity index (χ3n) is 2.68. The summed E-state index contributed by atoms with van der Waals surface area (Å²) in [6.45, 7) is 6.72. The smallest absolute Gasteiger partial charge is 0.419 e. The van der Waals surface area contributed by atoms with Gasteiger partial charge in [0.2, 0.25) is 0 Å². The lowest BCUT2D eigenvalue weighted by atomic mass is 10.1. The first-order chi connectivity index (χ1) is 10.4. The molecule has 1 aromatic carbocycles. The van der Waals surface area contributed by atoms with Crippen molar-refractivity contribution in [1.82, 2.24) is 5.32 Å². The number of aliphatic imine (C=N–C) groups is 1. The molecule has 0 radical (unpaired) electrons. The highest BCUT2D eigenvalue weighted by Gasteiger charge is 2.34. The van der Waals surface area contributed by atoms with E-state index in [4.69, 9.17) is 10.00 Å². The number of nitrogens with one attached hydrogen (secondary N) is 1. The molecule has 0 bridgehead atoms. The normalized spacial score (nSPS) is 11.4. The molecule has 1 rings (SSSR count). The zero-order valence-electron chi connectivity index (χ0n) is 12.1. The van der Waals surface area contributed by atoms with Gasteiger partial charge < -0.3 is 10.1 Å². The number of halogens is 3. The van der Waals surface area contributed by atoms with Gasteiger partial charge in [-0.1, -0.05) is 13.5 Å². The largest absolute Gasteiger partial charge is 0.492 e. The topological polar surface area (TPSA) is 57.4 Å². The first-order valence-electron chi connectivity index (χ1n) is 6.56. The minimum absolute atomic E-state index is 0.0752. The average Bonchev–Trinajstić information content (AvgIpc) is 2.48. The second kappa shape index (κ2) is 8.20. The van der Waals surface area contributed by atoms with Crippen molar-refractivity contribution in [1.29, 1.82) is 5.26 Å². The molecule has 0 fully saturated rings. The molecule has 0 aliphatic rings. The fourth-order valence-corrected chi connectivity index (χ4v) is 1.65. The highest BCUT2D eigenvalue weighted by atomic mass is 19.4. The van der Waals surface area contributed by atoms with Crippen LogP contribution < -0.4 is 10.1 Å². The van der Waals surface area contributed by atoms with Crippen LogP contribution in [-0.4, -0.2) is 25.9 Å². The lowest BCUT2D eigenvalue weighted by Crippen LogP contribution is -2.21. The summed E-state index contributed by atoms with van der Waals surface area (Å²) in [6.07, 6.45) is -3.64. The van der Waals surface area contributed by atoms with Crippen LogP contribution in [0.4, 0.5) is 13.2 Å². The zero-order chi connectivity index (χ0) is 16.6. The van der Waals surface area contributed by atoms with Crippen LogP contribution in [0.2, 0.25) is 0 Å². The van der Waals surface area contributed by atoms with Gasteiger partial charge >= 0.3 is 6.18 Å². The number of hydrogen-bond acceptors (Lipinski definition) is 4. The SMILES string of the molecule is C=C(N=CC#N)c1ccc(OCCNCC)c(C(F)(F)F)c1. The van der Waals surface area contributed by atoms with Crippen LogP contribution in [-0.2, 0) is 6.18 Å². The van der Waals surface area contributed by atoms with E-state index in [1.54, 1.807) is 6.07 Å². The molecule has 4 nitrogen and oxygen atoms in total. The lowest BCUT2D eigenvalue weighted by molar-refractivity contribution is -0.138. The van der Waals surface area contributed by atoms with Gasteiger partial charge in [-0.25, -0.2) is 4.99 Å². The maximum Gasteiger partial charge on any atom is 0.419 e. The Balaban J connectivity index is 3.02. The fourth-order valence-electron chi connectivity index (χ4n) is 1.65. The van der Waals surface area contributed by atoms with Crippen LogP contribution in [0.3, 0.4) is 0 Å². The van der Waals surface area contributed by atoms with Crippen LogP contribution >= 0.6 is 0 Å². The Bertz CT molecular complexity index is 589. The summed E-state index contributed by atoms with van der Waals surface area (Å²) in [5, 5.41) is 11.3. The van der Waals surface area contributed by atoms with Crippen LogP contribution in [0.15, 0.2) is 29.8 Å². The molecule has 0 amide bonds. The lowest BCUT2D eigenvalue weighted by Gasteiger charge is -2.15. The summed E-state index contributed by atoms with van der Waals surface area (Å²) >= 11 is 0. The standard InChI is InChI=1S/C15H16F3N3O/c1-3-20-8-9-22-14-5-4-12(11(2)21-7-6-19)10-13(14)15(16,17)18/h4-5,7,10,20H,2-3,8-9H2,1H3. The molecule has 0 unspecified atom stereocenters. The van der Waals surface area contributed by atoms with Crippen LogP contribution in [0.1, 0.15) is 18.1 Å². The summed E-state index contributed by atoms with van der Waals surface area (Å²) in [7, 11) is 0. The highest BCUT2D eigenvalue weighted by Crippen LogP contribution is 2.37. The predicted octanol–water partition coefficient (Wildman–Crippen LogP) is 3.26. The van der Waals surface area contributed by atoms with Crippen LogP contribution in [0.5, 0.6) is 5.75 Å². The van der Waals surface area contributed by atoms with Gasteiger partial charge in [-0.15, -0.1) is 0 Å². The molecule has 1 N–H and O–H groups in total. The average molecular weight is 311 g/mol.